The lowest BCUT2D eigenvalue weighted by Gasteiger charge is -1.96. The molecular weight excluding hydrogens is 340 g/mol. The Morgan fingerprint density at radius 2 is 1.22 bits per heavy atom. The largest absolute Gasteiger partial charge is 0.476 e. The van der Waals surface area contributed by atoms with Crippen LogP contribution in [0.3, 0.4) is 0 Å². The molecule has 2 N–H and O–H groups in total. The van der Waals surface area contributed by atoms with Gasteiger partial charge in [-0.3, -0.25) is 9.59 Å². The summed E-state index contributed by atoms with van der Waals surface area (Å²) in [6, 6.07) is 0. The molecule has 134 valence electrons. The fraction of sp³-hybridized carbons (Fsp3) is 0.733. The number of unbranched alkanes of at least 4 members (excludes halogenated alkanes) is 2. The highest BCUT2D eigenvalue weighted by atomic mass is 32.2. The van der Waals surface area contributed by atoms with Crippen molar-refractivity contribution in [3.8, 4) is 0 Å². The van der Waals surface area contributed by atoms with E-state index in [1.54, 1.807) is 11.8 Å². The van der Waals surface area contributed by atoms with Gasteiger partial charge in [0.05, 0.1) is 0 Å². The maximum absolute atomic E-state index is 10.6. The molecule has 0 aliphatic heterocycles. The number of carbonyl (C=O) groups is 4. The van der Waals surface area contributed by atoms with Crippen LogP contribution in [0.25, 0.3) is 0 Å². The van der Waals surface area contributed by atoms with Gasteiger partial charge >= 0.3 is 11.9 Å². The molecule has 0 aliphatic carbocycles. The predicted molar refractivity (Wildman–Crippen MR) is 94.4 cm³/mol. The van der Waals surface area contributed by atoms with Crippen LogP contribution in [0.5, 0.6) is 0 Å². The highest BCUT2D eigenvalue weighted by Gasteiger charge is 2.10. The van der Waals surface area contributed by atoms with Gasteiger partial charge in [0.25, 0.3) is 0 Å². The molecule has 0 unspecified atom stereocenters. The van der Waals surface area contributed by atoms with Crippen LogP contribution in [0.15, 0.2) is 0 Å². The molecule has 0 heterocycles. The summed E-state index contributed by atoms with van der Waals surface area (Å²) in [6.45, 7) is 2.08. The van der Waals surface area contributed by atoms with E-state index >= 15 is 0 Å². The molecule has 6 nitrogen and oxygen atoms in total. The Bertz CT molecular complexity index is 371. The number of thioether (sulfide) groups is 2. The second-order valence-corrected chi connectivity index (χ2v) is 6.94. The lowest BCUT2D eigenvalue weighted by Crippen LogP contribution is -2.11. The number of ketones is 2. The zero-order valence-electron chi connectivity index (χ0n) is 13.7. The molecule has 0 saturated heterocycles. The second-order valence-electron chi connectivity index (χ2n) is 4.56. The van der Waals surface area contributed by atoms with Crippen molar-refractivity contribution in [3.63, 3.8) is 0 Å². The van der Waals surface area contributed by atoms with E-state index in [-0.39, 0.29) is 12.8 Å². The average Bonchev–Trinajstić information content (AvgIpc) is 2.51. The molecule has 0 amide bonds. The van der Waals surface area contributed by atoms with Crippen LogP contribution in [0, 0.1) is 0 Å². The van der Waals surface area contributed by atoms with Crippen LogP contribution < -0.4 is 0 Å². The lowest BCUT2D eigenvalue weighted by atomic mass is 10.2. The summed E-state index contributed by atoms with van der Waals surface area (Å²) < 4.78 is 0. The minimum atomic E-state index is -1.31. The van der Waals surface area contributed by atoms with Crippen LogP contribution in [0.4, 0.5) is 0 Å². The third-order valence-corrected chi connectivity index (χ3v) is 4.31. The van der Waals surface area contributed by atoms with Crippen molar-refractivity contribution >= 4 is 47.0 Å². The summed E-state index contributed by atoms with van der Waals surface area (Å²) in [5.74, 6) is -0.877. The molecular formula is C15H26O6S2. The van der Waals surface area contributed by atoms with Crippen molar-refractivity contribution in [2.24, 2.45) is 0 Å². The summed E-state index contributed by atoms with van der Waals surface area (Å²) in [5.41, 5.74) is 0. The maximum atomic E-state index is 10.6. The standard InChI is InChI=1S/C8H14O3S.C7H12O3S/c1-2-12-6-4-3-5-7(9)8(10)11;1-11-5-3-2-4-6(8)7(9)10/h2-6H2,1H3,(H,10,11);2-5H2,1H3,(H,9,10). The van der Waals surface area contributed by atoms with Gasteiger partial charge in [0.1, 0.15) is 0 Å². The van der Waals surface area contributed by atoms with Crippen LogP contribution in [-0.4, -0.2) is 57.2 Å². The highest BCUT2D eigenvalue weighted by Crippen LogP contribution is 2.05. The van der Waals surface area contributed by atoms with E-state index in [9.17, 15) is 19.2 Å². The van der Waals surface area contributed by atoms with Crippen molar-refractivity contribution in [3.05, 3.63) is 0 Å². The first-order valence-electron chi connectivity index (χ1n) is 7.45. The zero-order chi connectivity index (χ0) is 18.1. The number of hydrogen-bond acceptors (Lipinski definition) is 6. The van der Waals surface area contributed by atoms with Gasteiger partial charge in [-0.15, -0.1) is 0 Å². The van der Waals surface area contributed by atoms with Gasteiger partial charge in [0.15, 0.2) is 0 Å². The quantitative estimate of drug-likeness (QED) is 0.378. The zero-order valence-corrected chi connectivity index (χ0v) is 15.3. The molecule has 0 bridgehead atoms. The Morgan fingerprint density at radius 3 is 1.57 bits per heavy atom. The number of Topliss-reactive ketones (excluding diaryl/α,β-unsaturated/α-hetero) is 2. The van der Waals surface area contributed by atoms with Crippen molar-refractivity contribution in [1.82, 2.24) is 0 Å². The Labute approximate surface area is 145 Å². The van der Waals surface area contributed by atoms with Crippen LogP contribution in [-0.2, 0) is 19.2 Å². The topological polar surface area (TPSA) is 109 Å². The summed E-state index contributed by atoms with van der Waals surface area (Å²) in [4.78, 5) is 41.1. The smallest absolute Gasteiger partial charge is 0.372 e. The van der Waals surface area contributed by atoms with E-state index in [0.29, 0.717) is 12.8 Å². The fourth-order valence-electron chi connectivity index (χ4n) is 1.38. The highest BCUT2D eigenvalue weighted by molar-refractivity contribution is 7.99. The Morgan fingerprint density at radius 1 is 0.783 bits per heavy atom. The summed E-state index contributed by atoms with van der Waals surface area (Å²) in [7, 11) is 0. The first-order valence-corrected chi connectivity index (χ1v) is 10.0. The first-order chi connectivity index (χ1) is 10.9. The second kappa shape index (κ2) is 17.3. The Hall–Kier alpha value is -1.02. The molecule has 23 heavy (non-hydrogen) atoms. The monoisotopic (exact) mass is 366 g/mol. The number of rotatable bonds is 13. The van der Waals surface area contributed by atoms with Gasteiger partial charge < -0.3 is 10.2 Å². The van der Waals surface area contributed by atoms with Crippen LogP contribution in [0.1, 0.15) is 45.4 Å². The summed E-state index contributed by atoms with van der Waals surface area (Å²) in [5, 5.41) is 16.4. The van der Waals surface area contributed by atoms with Crippen LogP contribution in [0.2, 0.25) is 0 Å². The molecule has 0 fully saturated rings. The predicted octanol–water partition coefficient (Wildman–Crippen LogP) is 2.74. The Balaban J connectivity index is 0. The minimum Gasteiger partial charge on any atom is -0.476 e. The van der Waals surface area contributed by atoms with Crippen molar-refractivity contribution in [2.45, 2.75) is 45.4 Å². The number of aliphatic carboxylic acids is 2. The lowest BCUT2D eigenvalue weighted by molar-refractivity contribution is -0.149. The number of carboxylic acid groups (broad SMARTS) is 2. The fourth-order valence-corrected chi connectivity index (χ4v) is 2.57. The molecule has 0 radical (unpaired) electrons. The molecule has 0 aromatic rings. The van der Waals surface area contributed by atoms with Gasteiger partial charge in [-0.1, -0.05) is 6.92 Å². The third kappa shape index (κ3) is 18.9. The molecule has 0 rings (SSSR count). The molecule has 0 spiro atoms. The molecule has 0 aliphatic rings. The SMILES string of the molecule is CCSCCCCC(=O)C(=O)O.CSCCCCC(=O)C(=O)O. The normalized spacial score (nSPS) is 9.65. The van der Waals surface area contributed by atoms with Gasteiger partial charge in [-0.2, -0.15) is 23.5 Å². The molecule has 0 aromatic heterocycles. The van der Waals surface area contributed by atoms with Gasteiger partial charge in [-0.25, -0.2) is 9.59 Å². The Kier molecular flexibility index (Phi) is 18.3. The third-order valence-electron chi connectivity index (χ3n) is 2.63. The number of hydrogen-bond donors (Lipinski definition) is 2. The minimum absolute atomic E-state index is 0.176. The van der Waals surface area contributed by atoms with E-state index in [1.807, 2.05) is 18.0 Å². The van der Waals surface area contributed by atoms with Gasteiger partial charge in [0, 0.05) is 12.8 Å². The van der Waals surface area contributed by atoms with E-state index in [0.717, 1.165) is 30.1 Å². The first kappa shape index (κ1) is 24.2. The van der Waals surface area contributed by atoms with Gasteiger partial charge in [0.2, 0.25) is 11.6 Å². The molecule has 0 saturated carbocycles. The van der Waals surface area contributed by atoms with Crippen LogP contribution >= 0.6 is 23.5 Å². The average molecular weight is 367 g/mol. The molecule has 0 atom stereocenters. The molecule has 0 aromatic carbocycles. The molecule has 8 heteroatoms. The van der Waals surface area contributed by atoms with Crippen molar-refractivity contribution in [1.29, 1.82) is 0 Å². The summed E-state index contributed by atoms with van der Waals surface area (Å²) >= 11 is 3.51. The van der Waals surface area contributed by atoms with E-state index in [2.05, 4.69) is 6.92 Å². The van der Waals surface area contributed by atoms with E-state index in [1.165, 1.54) is 0 Å². The van der Waals surface area contributed by atoms with Crippen molar-refractivity contribution in [2.75, 3.05) is 23.5 Å². The summed E-state index contributed by atoms with van der Waals surface area (Å²) in [6.07, 6.45) is 5.57. The number of carbonyl (C=O) groups excluding carboxylic acids is 2. The van der Waals surface area contributed by atoms with E-state index < -0.39 is 23.5 Å². The van der Waals surface area contributed by atoms with E-state index in [4.69, 9.17) is 10.2 Å². The maximum Gasteiger partial charge on any atom is 0.372 e. The van der Waals surface area contributed by atoms with Crippen molar-refractivity contribution < 1.29 is 29.4 Å². The van der Waals surface area contributed by atoms with Gasteiger partial charge in [-0.05, 0) is 49.2 Å². The number of carboxylic acids is 2.